The Kier molecular flexibility index (Phi) is 3.47. The maximum absolute atomic E-state index is 8.56. The Bertz CT molecular complexity index is 353. The Labute approximate surface area is 89.8 Å². The molecule has 0 radical (unpaired) electrons. The summed E-state index contributed by atoms with van der Waals surface area (Å²) in [6.45, 7) is 0. The third-order valence-corrected chi connectivity index (χ3v) is 2.44. The van der Waals surface area contributed by atoms with Crippen molar-refractivity contribution in [3.8, 4) is 6.07 Å². The summed E-state index contributed by atoms with van der Waals surface area (Å²) < 4.78 is 0. The first-order valence-corrected chi connectivity index (χ1v) is 4.82. The first-order valence-electron chi connectivity index (χ1n) is 3.53. The first kappa shape index (κ1) is 10.2. The molecule has 1 atom stereocenters. The van der Waals surface area contributed by atoms with Crippen LogP contribution < -0.4 is 0 Å². The van der Waals surface area contributed by atoms with Gasteiger partial charge >= 0.3 is 0 Å². The fraction of sp³-hybridized carbons (Fsp3) is 0.111. The van der Waals surface area contributed by atoms with Crippen LogP contribution in [0.5, 0.6) is 0 Å². The van der Waals surface area contributed by atoms with Crippen LogP contribution >= 0.6 is 27.5 Å². The lowest BCUT2D eigenvalue weighted by Gasteiger charge is -2.03. The fourth-order valence-corrected chi connectivity index (χ4v) is 1.23. The van der Waals surface area contributed by atoms with Gasteiger partial charge in [-0.1, -0.05) is 39.7 Å². The lowest BCUT2D eigenvalue weighted by Crippen LogP contribution is -2.11. The molecule has 0 saturated carbocycles. The van der Waals surface area contributed by atoms with Crippen molar-refractivity contribution in [3.63, 3.8) is 0 Å². The monoisotopic (exact) mass is 256 g/mol. The largest absolute Gasteiger partial charge is 0.302 e. The van der Waals surface area contributed by atoms with Gasteiger partial charge in [-0.2, -0.15) is 5.26 Å². The van der Waals surface area contributed by atoms with E-state index in [1.165, 1.54) is 0 Å². The summed E-state index contributed by atoms with van der Waals surface area (Å²) >= 11 is 8.76. The van der Waals surface area contributed by atoms with E-state index in [0.29, 0.717) is 10.6 Å². The van der Waals surface area contributed by atoms with E-state index >= 15 is 0 Å². The second-order valence-corrected chi connectivity index (χ2v) is 3.76. The maximum atomic E-state index is 8.56. The molecule has 0 aromatic heterocycles. The number of nitrogens with zero attached hydrogens (tertiary/aromatic N) is 1. The second-order valence-electron chi connectivity index (χ2n) is 2.41. The highest BCUT2D eigenvalue weighted by Gasteiger charge is 2.10. The highest BCUT2D eigenvalue weighted by molar-refractivity contribution is 9.10. The van der Waals surface area contributed by atoms with Crippen LogP contribution in [0.4, 0.5) is 0 Å². The third kappa shape index (κ3) is 2.55. The quantitative estimate of drug-likeness (QED) is 0.642. The molecule has 13 heavy (non-hydrogen) atoms. The molecule has 1 aromatic rings. The predicted molar refractivity (Wildman–Crippen MR) is 56.6 cm³/mol. The standard InChI is InChI=1S/C9H6BrClN2/c10-8(5-12)9(13)6-1-3-7(11)4-2-6/h1-4,8,13H. The van der Waals surface area contributed by atoms with Crippen LogP contribution in [-0.2, 0) is 0 Å². The third-order valence-electron chi connectivity index (χ3n) is 1.52. The first-order chi connectivity index (χ1) is 6.15. The van der Waals surface area contributed by atoms with Crippen molar-refractivity contribution in [3.05, 3.63) is 34.9 Å². The van der Waals surface area contributed by atoms with Crippen LogP contribution in [0.1, 0.15) is 5.56 Å². The van der Waals surface area contributed by atoms with Crippen LogP contribution in [0.15, 0.2) is 24.3 Å². The second kappa shape index (κ2) is 4.40. The molecule has 1 unspecified atom stereocenters. The average molecular weight is 258 g/mol. The summed E-state index contributed by atoms with van der Waals surface area (Å²) in [5, 5.41) is 16.8. The number of hydrogen-bond acceptors (Lipinski definition) is 2. The normalized spacial score (nSPS) is 11.8. The summed E-state index contributed by atoms with van der Waals surface area (Å²) in [7, 11) is 0. The predicted octanol–water partition coefficient (Wildman–Crippen LogP) is 2.99. The highest BCUT2D eigenvalue weighted by Crippen LogP contribution is 2.13. The van der Waals surface area contributed by atoms with Crippen molar-refractivity contribution in [1.82, 2.24) is 0 Å². The maximum Gasteiger partial charge on any atom is 0.143 e. The Morgan fingerprint density at radius 1 is 1.46 bits per heavy atom. The van der Waals surface area contributed by atoms with Crippen molar-refractivity contribution in [2.24, 2.45) is 0 Å². The Balaban J connectivity index is 2.91. The molecular weight excluding hydrogens is 251 g/mol. The Morgan fingerprint density at radius 2 is 2.00 bits per heavy atom. The molecule has 1 N–H and O–H groups in total. The Hall–Kier alpha value is -0.850. The van der Waals surface area contributed by atoms with E-state index in [1.807, 2.05) is 6.07 Å². The molecule has 0 aliphatic carbocycles. The van der Waals surface area contributed by atoms with Crippen molar-refractivity contribution in [2.45, 2.75) is 4.83 Å². The van der Waals surface area contributed by atoms with Gasteiger partial charge in [-0.05, 0) is 17.7 Å². The minimum absolute atomic E-state index is 0.249. The number of nitrogens with one attached hydrogen (secondary N) is 1. The zero-order valence-electron chi connectivity index (χ0n) is 6.59. The molecule has 0 amide bonds. The van der Waals surface area contributed by atoms with E-state index in [4.69, 9.17) is 22.3 Å². The fourth-order valence-electron chi connectivity index (χ4n) is 0.840. The van der Waals surface area contributed by atoms with Crippen molar-refractivity contribution in [1.29, 1.82) is 10.7 Å². The topological polar surface area (TPSA) is 47.6 Å². The van der Waals surface area contributed by atoms with E-state index in [-0.39, 0.29) is 5.71 Å². The van der Waals surface area contributed by atoms with E-state index in [1.54, 1.807) is 24.3 Å². The molecule has 0 fully saturated rings. The van der Waals surface area contributed by atoms with E-state index in [9.17, 15) is 0 Å². The van der Waals surface area contributed by atoms with E-state index in [2.05, 4.69) is 15.9 Å². The van der Waals surface area contributed by atoms with Gasteiger partial charge in [0.25, 0.3) is 0 Å². The number of rotatable bonds is 2. The van der Waals surface area contributed by atoms with Gasteiger partial charge < -0.3 is 5.41 Å². The van der Waals surface area contributed by atoms with Gasteiger partial charge in [0.05, 0.1) is 11.8 Å². The summed E-state index contributed by atoms with van der Waals surface area (Å²) in [6.07, 6.45) is 0. The molecule has 0 heterocycles. The Morgan fingerprint density at radius 3 is 2.46 bits per heavy atom. The van der Waals surface area contributed by atoms with Gasteiger partial charge in [0, 0.05) is 5.02 Å². The van der Waals surface area contributed by atoms with Gasteiger partial charge in [0.15, 0.2) is 0 Å². The van der Waals surface area contributed by atoms with Gasteiger partial charge in [0.2, 0.25) is 0 Å². The minimum atomic E-state index is -0.561. The SMILES string of the molecule is N#CC(Br)C(=N)c1ccc(Cl)cc1. The highest BCUT2D eigenvalue weighted by atomic mass is 79.9. The smallest absolute Gasteiger partial charge is 0.143 e. The molecule has 1 rings (SSSR count). The van der Waals surface area contributed by atoms with Crippen molar-refractivity contribution < 1.29 is 0 Å². The average Bonchev–Trinajstić information content (AvgIpc) is 2.17. The summed E-state index contributed by atoms with van der Waals surface area (Å²) in [6, 6.07) is 8.77. The van der Waals surface area contributed by atoms with Crippen LogP contribution in [-0.4, -0.2) is 10.5 Å². The summed E-state index contributed by atoms with van der Waals surface area (Å²) in [5.74, 6) is 0. The van der Waals surface area contributed by atoms with E-state index < -0.39 is 4.83 Å². The number of halogens is 2. The number of benzene rings is 1. The molecule has 0 aliphatic heterocycles. The zero-order valence-corrected chi connectivity index (χ0v) is 8.93. The number of alkyl halides is 1. The molecule has 0 bridgehead atoms. The van der Waals surface area contributed by atoms with Gasteiger partial charge in [0.1, 0.15) is 4.83 Å². The van der Waals surface area contributed by atoms with Crippen molar-refractivity contribution >= 4 is 33.2 Å². The van der Waals surface area contributed by atoms with Gasteiger partial charge in [-0.25, -0.2) is 0 Å². The summed E-state index contributed by atoms with van der Waals surface area (Å²) in [4.78, 5) is -0.561. The molecule has 0 saturated heterocycles. The molecule has 1 aromatic carbocycles. The lowest BCUT2D eigenvalue weighted by atomic mass is 10.1. The molecule has 0 spiro atoms. The van der Waals surface area contributed by atoms with Gasteiger partial charge in [-0.15, -0.1) is 0 Å². The number of hydrogen-bond donors (Lipinski definition) is 1. The van der Waals surface area contributed by atoms with Gasteiger partial charge in [-0.3, -0.25) is 0 Å². The molecule has 4 heteroatoms. The minimum Gasteiger partial charge on any atom is -0.302 e. The van der Waals surface area contributed by atoms with Crippen LogP contribution in [0.3, 0.4) is 0 Å². The van der Waals surface area contributed by atoms with Crippen LogP contribution in [0.25, 0.3) is 0 Å². The number of nitriles is 1. The molecule has 2 nitrogen and oxygen atoms in total. The van der Waals surface area contributed by atoms with Crippen molar-refractivity contribution in [2.75, 3.05) is 0 Å². The summed E-state index contributed by atoms with van der Waals surface area (Å²) in [5.41, 5.74) is 0.951. The lowest BCUT2D eigenvalue weighted by molar-refractivity contribution is 1.36. The van der Waals surface area contributed by atoms with E-state index in [0.717, 1.165) is 0 Å². The van der Waals surface area contributed by atoms with Crippen LogP contribution in [0, 0.1) is 16.7 Å². The van der Waals surface area contributed by atoms with Crippen LogP contribution in [0.2, 0.25) is 5.02 Å². The molecule has 66 valence electrons. The molecular formula is C9H6BrClN2. The molecule has 0 aliphatic rings. The zero-order chi connectivity index (χ0) is 9.84.